The van der Waals surface area contributed by atoms with E-state index in [-0.39, 0.29) is 5.75 Å². The molecule has 19 heavy (non-hydrogen) atoms. The van der Waals surface area contributed by atoms with Crippen LogP contribution in [0.2, 0.25) is 0 Å². The SMILES string of the molecule is COc1ccc(N)c(Oc2c(F)cccc2OC)c1. The van der Waals surface area contributed by atoms with Crippen LogP contribution in [0.25, 0.3) is 0 Å². The van der Waals surface area contributed by atoms with Crippen LogP contribution in [-0.2, 0) is 0 Å². The van der Waals surface area contributed by atoms with Crippen molar-refractivity contribution in [2.45, 2.75) is 0 Å². The summed E-state index contributed by atoms with van der Waals surface area (Å²) in [5.41, 5.74) is 6.17. The first-order chi connectivity index (χ1) is 9.15. The lowest BCUT2D eigenvalue weighted by Crippen LogP contribution is -1.97. The predicted molar refractivity (Wildman–Crippen MR) is 70.4 cm³/mol. The van der Waals surface area contributed by atoms with Gasteiger partial charge in [-0.1, -0.05) is 6.07 Å². The monoisotopic (exact) mass is 263 g/mol. The van der Waals surface area contributed by atoms with E-state index in [0.29, 0.717) is 22.9 Å². The second-order valence-electron chi connectivity index (χ2n) is 3.78. The molecule has 0 aromatic heterocycles. The Morgan fingerprint density at radius 1 is 1.00 bits per heavy atom. The van der Waals surface area contributed by atoms with E-state index in [0.717, 1.165) is 0 Å². The number of hydrogen-bond acceptors (Lipinski definition) is 4. The van der Waals surface area contributed by atoms with Crippen LogP contribution in [0.1, 0.15) is 0 Å². The van der Waals surface area contributed by atoms with Crippen molar-refractivity contribution < 1.29 is 18.6 Å². The molecule has 0 saturated heterocycles. The Kier molecular flexibility index (Phi) is 3.75. The summed E-state index contributed by atoms with van der Waals surface area (Å²) < 4.78 is 29.4. The maximum absolute atomic E-state index is 13.8. The van der Waals surface area contributed by atoms with Gasteiger partial charge in [0.2, 0.25) is 5.75 Å². The molecule has 2 aromatic carbocycles. The van der Waals surface area contributed by atoms with E-state index in [1.54, 1.807) is 24.3 Å². The molecule has 2 rings (SSSR count). The zero-order valence-corrected chi connectivity index (χ0v) is 10.6. The number of anilines is 1. The molecule has 0 fully saturated rings. The minimum absolute atomic E-state index is 0.00930. The van der Waals surface area contributed by atoms with Gasteiger partial charge in [-0.2, -0.15) is 0 Å². The summed E-state index contributed by atoms with van der Waals surface area (Å²) >= 11 is 0. The molecule has 2 N–H and O–H groups in total. The van der Waals surface area contributed by atoms with E-state index >= 15 is 0 Å². The molecule has 2 aromatic rings. The molecule has 0 aliphatic heterocycles. The van der Waals surface area contributed by atoms with Gasteiger partial charge >= 0.3 is 0 Å². The molecule has 0 heterocycles. The molecular formula is C14H14FNO3. The van der Waals surface area contributed by atoms with Crippen LogP contribution in [-0.4, -0.2) is 14.2 Å². The first kappa shape index (κ1) is 13.0. The Hall–Kier alpha value is -2.43. The molecule has 4 nitrogen and oxygen atoms in total. The molecule has 0 bridgehead atoms. The van der Waals surface area contributed by atoms with E-state index in [4.69, 9.17) is 19.9 Å². The van der Waals surface area contributed by atoms with Crippen LogP contribution in [0, 0.1) is 5.82 Å². The maximum atomic E-state index is 13.8. The van der Waals surface area contributed by atoms with Crippen molar-refractivity contribution >= 4 is 5.69 Å². The summed E-state index contributed by atoms with van der Waals surface area (Å²) in [5.74, 6) is 0.635. The fraction of sp³-hybridized carbons (Fsp3) is 0.143. The van der Waals surface area contributed by atoms with Crippen molar-refractivity contribution in [1.82, 2.24) is 0 Å². The zero-order chi connectivity index (χ0) is 13.8. The van der Waals surface area contributed by atoms with Crippen LogP contribution < -0.4 is 19.9 Å². The molecule has 0 saturated carbocycles. The molecule has 0 radical (unpaired) electrons. The number of ether oxygens (including phenoxy) is 3. The van der Waals surface area contributed by atoms with Crippen LogP contribution in [0.15, 0.2) is 36.4 Å². The third-order valence-electron chi connectivity index (χ3n) is 2.58. The first-order valence-corrected chi connectivity index (χ1v) is 5.59. The Morgan fingerprint density at radius 2 is 1.79 bits per heavy atom. The zero-order valence-electron chi connectivity index (χ0n) is 10.6. The van der Waals surface area contributed by atoms with Crippen LogP contribution in [0.4, 0.5) is 10.1 Å². The molecule has 0 aliphatic rings. The minimum atomic E-state index is -0.526. The van der Waals surface area contributed by atoms with E-state index < -0.39 is 5.82 Å². The molecule has 0 aliphatic carbocycles. The highest BCUT2D eigenvalue weighted by atomic mass is 19.1. The Balaban J connectivity index is 2.41. The second-order valence-corrected chi connectivity index (χ2v) is 3.78. The summed E-state index contributed by atoms with van der Waals surface area (Å²) in [6.45, 7) is 0. The van der Waals surface area contributed by atoms with Crippen molar-refractivity contribution in [2.75, 3.05) is 20.0 Å². The second kappa shape index (κ2) is 5.48. The normalized spacial score (nSPS) is 10.1. The van der Waals surface area contributed by atoms with Gasteiger partial charge in [0, 0.05) is 6.07 Å². The van der Waals surface area contributed by atoms with E-state index in [1.165, 1.54) is 26.4 Å². The molecular weight excluding hydrogens is 249 g/mol. The molecule has 100 valence electrons. The molecule has 5 heteroatoms. The number of nitrogen functional groups attached to an aromatic ring is 1. The van der Waals surface area contributed by atoms with Crippen molar-refractivity contribution in [3.63, 3.8) is 0 Å². The van der Waals surface area contributed by atoms with E-state index in [9.17, 15) is 4.39 Å². The van der Waals surface area contributed by atoms with E-state index in [2.05, 4.69) is 0 Å². The van der Waals surface area contributed by atoms with Crippen molar-refractivity contribution in [3.05, 3.63) is 42.2 Å². The third kappa shape index (κ3) is 2.70. The van der Waals surface area contributed by atoms with Gasteiger partial charge in [0.1, 0.15) is 5.75 Å². The molecule has 0 spiro atoms. The first-order valence-electron chi connectivity index (χ1n) is 5.59. The van der Waals surface area contributed by atoms with Crippen LogP contribution >= 0.6 is 0 Å². The summed E-state index contributed by atoms with van der Waals surface area (Å²) in [7, 11) is 2.97. The van der Waals surface area contributed by atoms with Gasteiger partial charge in [-0.3, -0.25) is 0 Å². The number of methoxy groups -OCH3 is 2. The fourth-order valence-electron chi connectivity index (χ4n) is 1.59. The molecule has 0 unspecified atom stereocenters. The lowest BCUT2D eigenvalue weighted by Gasteiger charge is -2.13. The number of rotatable bonds is 4. The Morgan fingerprint density at radius 3 is 2.47 bits per heavy atom. The average molecular weight is 263 g/mol. The lowest BCUT2D eigenvalue weighted by atomic mass is 10.2. The average Bonchev–Trinajstić information content (AvgIpc) is 2.43. The lowest BCUT2D eigenvalue weighted by molar-refractivity contribution is 0.362. The van der Waals surface area contributed by atoms with Gasteiger partial charge in [-0.05, 0) is 24.3 Å². The number of nitrogens with two attached hydrogens (primary N) is 1. The highest BCUT2D eigenvalue weighted by Crippen LogP contribution is 2.37. The Bertz CT molecular complexity index is 587. The van der Waals surface area contributed by atoms with Crippen molar-refractivity contribution in [1.29, 1.82) is 0 Å². The molecule has 0 amide bonds. The van der Waals surface area contributed by atoms with Crippen LogP contribution in [0.3, 0.4) is 0 Å². The van der Waals surface area contributed by atoms with Gasteiger partial charge in [-0.25, -0.2) is 4.39 Å². The topological polar surface area (TPSA) is 53.7 Å². The largest absolute Gasteiger partial charge is 0.497 e. The van der Waals surface area contributed by atoms with Gasteiger partial charge in [-0.15, -0.1) is 0 Å². The van der Waals surface area contributed by atoms with E-state index in [1.807, 2.05) is 0 Å². The quantitative estimate of drug-likeness (QED) is 0.860. The smallest absolute Gasteiger partial charge is 0.204 e. The Labute approximate surface area is 110 Å². The number of para-hydroxylation sites is 1. The summed E-state index contributed by atoms with van der Waals surface area (Å²) in [4.78, 5) is 0. The standard InChI is InChI=1S/C14H14FNO3/c1-17-9-6-7-11(16)13(8-9)19-14-10(15)4-3-5-12(14)18-2/h3-8H,16H2,1-2H3. The summed E-state index contributed by atoms with van der Waals surface area (Å²) in [6, 6.07) is 9.34. The highest BCUT2D eigenvalue weighted by molar-refractivity contribution is 5.58. The van der Waals surface area contributed by atoms with Crippen molar-refractivity contribution in [3.8, 4) is 23.0 Å². The maximum Gasteiger partial charge on any atom is 0.204 e. The fourth-order valence-corrected chi connectivity index (χ4v) is 1.59. The molecule has 0 atom stereocenters. The minimum Gasteiger partial charge on any atom is -0.497 e. The van der Waals surface area contributed by atoms with Crippen molar-refractivity contribution in [2.24, 2.45) is 0 Å². The third-order valence-corrected chi connectivity index (χ3v) is 2.58. The predicted octanol–water partition coefficient (Wildman–Crippen LogP) is 3.22. The number of halogens is 1. The van der Waals surface area contributed by atoms with Gasteiger partial charge in [0.25, 0.3) is 0 Å². The number of benzene rings is 2. The van der Waals surface area contributed by atoms with Gasteiger partial charge in [0.15, 0.2) is 17.3 Å². The van der Waals surface area contributed by atoms with Crippen LogP contribution in [0.5, 0.6) is 23.0 Å². The van der Waals surface area contributed by atoms with Gasteiger partial charge < -0.3 is 19.9 Å². The number of hydrogen-bond donors (Lipinski definition) is 1. The summed E-state index contributed by atoms with van der Waals surface area (Å²) in [6.07, 6.45) is 0. The summed E-state index contributed by atoms with van der Waals surface area (Å²) in [5, 5.41) is 0. The highest BCUT2D eigenvalue weighted by Gasteiger charge is 2.13. The van der Waals surface area contributed by atoms with Gasteiger partial charge in [0.05, 0.1) is 19.9 Å².